The van der Waals surface area contributed by atoms with Crippen molar-refractivity contribution in [1.29, 1.82) is 0 Å². The zero-order valence-electron chi connectivity index (χ0n) is 10.9. The molecule has 0 spiro atoms. The molecule has 0 saturated carbocycles. The van der Waals surface area contributed by atoms with Crippen LogP contribution in [-0.4, -0.2) is 49.4 Å². The van der Waals surface area contributed by atoms with Crippen molar-refractivity contribution < 1.29 is 9.53 Å². The summed E-state index contributed by atoms with van der Waals surface area (Å²) in [6, 6.07) is 5.76. The maximum atomic E-state index is 12.1. The highest BCUT2D eigenvalue weighted by Crippen LogP contribution is 2.26. The van der Waals surface area contributed by atoms with Gasteiger partial charge in [0.15, 0.2) is 5.78 Å². The first kappa shape index (κ1) is 13.4. The van der Waals surface area contributed by atoms with Crippen molar-refractivity contribution in [2.24, 2.45) is 0 Å². The van der Waals surface area contributed by atoms with Crippen molar-refractivity contribution in [3.05, 3.63) is 29.3 Å². The summed E-state index contributed by atoms with van der Waals surface area (Å²) in [6.07, 6.45) is 2.99. The van der Waals surface area contributed by atoms with Gasteiger partial charge in [-0.3, -0.25) is 9.69 Å². The van der Waals surface area contributed by atoms with Gasteiger partial charge in [0.2, 0.25) is 0 Å². The third kappa shape index (κ3) is 3.27. The zero-order valence-corrected chi connectivity index (χ0v) is 11.8. The Hall–Kier alpha value is -1.00. The number of Topliss-reactive ketones (excluding diaryl/α,β-unsaturated/α-hetero) is 1. The van der Waals surface area contributed by atoms with Gasteiger partial charge in [-0.05, 0) is 37.1 Å². The van der Waals surface area contributed by atoms with Gasteiger partial charge in [0, 0.05) is 24.3 Å². The lowest BCUT2D eigenvalue weighted by Crippen LogP contribution is -2.28. The van der Waals surface area contributed by atoms with Crippen LogP contribution in [-0.2, 0) is 6.42 Å². The lowest BCUT2D eigenvalue weighted by molar-refractivity contribution is 0.0949. The van der Waals surface area contributed by atoms with Gasteiger partial charge in [0.25, 0.3) is 0 Å². The molecule has 98 valence electrons. The summed E-state index contributed by atoms with van der Waals surface area (Å²) in [6.45, 7) is 2.17. The Morgan fingerprint density at radius 2 is 2.33 bits per heavy atom. The van der Waals surface area contributed by atoms with E-state index in [1.54, 1.807) is 11.8 Å². The van der Waals surface area contributed by atoms with Gasteiger partial charge in [-0.25, -0.2) is 0 Å². The molecular weight excluding hydrogens is 246 g/mol. The summed E-state index contributed by atoms with van der Waals surface area (Å²) in [5, 5.41) is 0. The van der Waals surface area contributed by atoms with E-state index in [2.05, 4.69) is 11.2 Å². The predicted molar refractivity (Wildman–Crippen MR) is 75.9 cm³/mol. The van der Waals surface area contributed by atoms with E-state index in [4.69, 9.17) is 4.74 Å². The fourth-order valence-corrected chi connectivity index (χ4v) is 2.52. The lowest BCUT2D eigenvalue weighted by atomic mass is 10.1. The third-order valence-electron chi connectivity index (χ3n) is 3.10. The van der Waals surface area contributed by atoms with Gasteiger partial charge < -0.3 is 4.74 Å². The average molecular weight is 265 g/mol. The number of carbonyl (C=O) groups excluding carboxylic acids is 1. The van der Waals surface area contributed by atoms with Crippen molar-refractivity contribution in [2.75, 3.05) is 38.8 Å². The molecule has 1 aromatic carbocycles. The second-order valence-electron chi connectivity index (χ2n) is 4.57. The molecule has 0 N–H and O–H groups in total. The zero-order chi connectivity index (χ0) is 13.0. The van der Waals surface area contributed by atoms with Gasteiger partial charge in [0.05, 0.1) is 13.2 Å². The van der Waals surface area contributed by atoms with Crippen LogP contribution in [0, 0.1) is 0 Å². The van der Waals surface area contributed by atoms with Crippen molar-refractivity contribution in [2.45, 2.75) is 6.42 Å². The third-order valence-corrected chi connectivity index (χ3v) is 3.69. The molecule has 0 bridgehead atoms. The van der Waals surface area contributed by atoms with Crippen LogP contribution in [0.1, 0.15) is 15.9 Å². The van der Waals surface area contributed by atoms with Crippen molar-refractivity contribution >= 4 is 17.5 Å². The summed E-state index contributed by atoms with van der Waals surface area (Å²) in [7, 11) is 1.99. The molecule has 1 aliphatic rings. The summed E-state index contributed by atoms with van der Waals surface area (Å²) >= 11 is 1.80. The topological polar surface area (TPSA) is 29.5 Å². The summed E-state index contributed by atoms with van der Waals surface area (Å²) < 4.78 is 5.44. The molecular formula is C14H19NO2S. The molecule has 0 saturated heterocycles. The first-order valence-electron chi connectivity index (χ1n) is 6.17. The number of nitrogens with zero attached hydrogens (tertiary/aromatic N) is 1. The minimum absolute atomic E-state index is 0.188. The van der Waals surface area contributed by atoms with E-state index in [1.807, 2.05) is 25.2 Å². The Labute approximate surface area is 113 Å². The summed E-state index contributed by atoms with van der Waals surface area (Å²) in [5.74, 6) is 2.18. The summed E-state index contributed by atoms with van der Waals surface area (Å²) in [4.78, 5) is 14.2. The van der Waals surface area contributed by atoms with E-state index in [0.717, 1.165) is 42.2 Å². The molecule has 4 heteroatoms. The van der Waals surface area contributed by atoms with Crippen molar-refractivity contribution in [3.8, 4) is 5.75 Å². The maximum absolute atomic E-state index is 12.1. The number of hydrogen-bond acceptors (Lipinski definition) is 4. The van der Waals surface area contributed by atoms with Crippen LogP contribution < -0.4 is 4.74 Å². The van der Waals surface area contributed by atoms with E-state index in [0.29, 0.717) is 6.54 Å². The fourth-order valence-electron chi connectivity index (χ4n) is 2.02. The van der Waals surface area contributed by atoms with E-state index >= 15 is 0 Å². The molecule has 2 rings (SSSR count). The highest BCUT2D eigenvalue weighted by Gasteiger charge is 2.15. The maximum Gasteiger partial charge on any atom is 0.176 e. The molecule has 0 aliphatic carbocycles. The van der Waals surface area contributed by atoms with Crippen LogP contribution in [0.5, 0.6) is 5.75 Å². The monoisotopic (exact) mass is 265 g/mol. The SMILES string of the molecule is CSCCN(C)CC(=O)c1ccc2c(c1)CCO2. The van der Waals surface area contributed by atoms with E-state index < -0.39 is 0 Å². The van der Waals surface area contributed by atoms with Gasteiger partial charge in [0.1, 0.15) is 5.75 Å². The number of ketones is 1. The second kappa shape index (κ2) is 6.25. The molecule has 0 amide bonds. The normalized spacial score (nSPS) is 13.5. The van der Waals surface area contributed by atoms with Gasteiger partial charge in [-0.2, -0.15) is 11.8 Å². The van der Waals surface area contributed by atoms with E-state index in [9.17, 15) is 4.79 Å². The number of hydrogen-bond donors (Lipinski definition) is 0. The molecule has 1 heterocycles. The predicted octanol–water partition coefficient (Wildman–Crippen LogP) is 2.10. The molecule has 3 nitrogen and oxygen atoms in total. The average Bonchev–Trinajstić information content (AvgIpc) is 2.83. The minimum Gasteiger partial charge on any atom is -0.493 e. The number of likely N-dealkylation sites (N-methyl/N-ethyl adjacent to an activating group) is 1. The number of ether oxygens (including phenoxy) is 1. The van der Waals surface area contributed by atoms with E-state index in [-0.39, 0.29) is 5.78 Å². The Morgan fingerprint density at radius 1 is 1.50 bits per heavy atom. The van der Waals surface area contributed by atoms with Crippen LogP contribution >= 0.6 is 11.8 Å². The number of rotatable bonds is 6. The lowest BCUT2D eigenvalue weighted by Gasteiger charge is -2.15. The Balaban J connectivity index is 1.96. The molecule has 1 aromatic rings. The van der Waals surface area contributed by atoms with Gasteiger partial charge in [-0.15, -0.1) is 0 Å². The van der Waals surface area contributed by atoms with Crippen LogP contribution in [0.25, 0.3) is 0 Å². The number of fused-ring (bicyclic) bond motifs is 1. The number of thioether (sulfide) groups is 1. The smallest absolute Gasteiger partial charge is 0.176 e. The molecule has 0 atom stereocenters. The Bertz CT molecular complexity index is 434. The van der Waals surface area contributed by atoms with E-state index in [1.165, 1.54) is 0 Å². The highest BCUT2D eigenvalue weighted by molar-refractivity contribution is 7.98. The first-order chi connectivity index (χ1) is 8.70. The molecule has 1 aliphatic heterocycles. The van der Waals surface area contributed by atoms with Crippen molar-refractivity contribution in [3.63, 3.8) is 0 Å². The molecule has 0 radical (unpaired) electrons. The minimum atomic E-state index is 0.188. The van der Waals surface area contributed by atoms with Gasteiger partial charge in [-0.1, -0.05) is 0 Å². The molecule has 18 heavy (non-hydrogen) atoms. The van der Waals surface area contributed by atoms with Crippen LogP contribution in [0.3, 0.4) is 0 Å². The first-order valence-corrected chi connectivity index (χ1v) is 7.56. The van der Waals surface area contributed by atoms with Crippen LogP contribution in [0.2, 0.25) is 0 Å². The standard InChI is InChI=1S/C14H19NO2S/c1-15(6-8-18-2)10-13(16)11-3-4-14-12(9-11)5-7-17-14/h3-4,9H,5-8,10H2,1-2H3. The quantitative estimate of drug-likeness (QED) is 0.737. The summed E-state index contributed by atoms with van der Waals surface area (Å²) in [5.41, 5.74) is 1.96. The Morgan fingerprint density at radius 3 is 3.11 bits per heavy atom. The number of benzene rings is 1. The van der Waals surface area contributed by atoms with Crippen LogP contribution in [0.4, 0.5) is 0 Å². The fraction of sp³-hybridized carbons (Fsp3) is 0.500. The molecule has 0 unspecified atom stereocenters. The van der Waals surface area contributed by atoms with Crippen molar-refractivity contribution in [1.82, 2.24) is 4.90 Å². The van der Waals surface area contributed by atoms with Crippen LogP contribution in [0.15, 0.2) is 18.2 Å². The molecule has 0 aromatic heterocycles. The second-order valence-corrected chi connectivity index (χ2v) is 5.56. The van der Waals surface area contributed by atoms with Gasteiger partial charge >= 0.3 is 0 Å². The highest BCUT2D eigenvalue weighted by atomic mass is 32.2. The largest absolute Gasteiger partial charge is 0.493 e. The number of carbonyl (C=O) groups is 1. The Kier molecular flexibility index (Phi) is 4.66. The molecule has 0 fully saturated rings.